The Kier molecular flexibility index (Phi) is 36.7. The van der Waals surface area contributed by atoms with Gasteiger partial charge in [0.05, 0.1) is 12.4 Å². The first-order chi connectivity index (χ1) is 45.9. The molecule has 32 nitrogen and oxygen atoms in total. The van der Waals surface area contributed by atoms with Crippen molar-refractivity contribution in [2.75, 3.05) is 26.2 Å². The molecule has 0 spiro atoms. The van der Waals surface area contributed by atoms with Gasteiger partial charge in [-0.15, -0.1) is 0 Å². The largest absolute Gasteiger partial charge is 0.480 e. The number of amides is 9. The monoisotopic (exact) mass is 1360 g/mol. The minimum atomic E-state index is -1.38. The zero-order chi connectivity index (χ0) is 72.3. The zero-order valence-electron chi connectivity index (χ0n) is 57.7. The number of fused-ring (bicyclic) bond motifs is 1. The molecule has 97 heavy (non-hydrogen) atoms. The summed E-state index contributed by atoms with van der Waals surface area (Å²) in [5.41, 5.74) is 42.0. The lowest BCUT2D eigenvalue weighted by atomic mass is 9.97. The molecule has 3 rings (SSSR count). The van der Waals surface area contributed by atoms with Gasteiger partial charge in [0.1, 0.15) is 54.4 Å². The summed E-state index contributed by atoms with van der Waals surface area (Å²) in [6.07, 6.45) is 7.30. The second-order valence-corrected chi connectivity index (χ2v) is 26.3. The van der Waals surface area contributed by atoms with E-state index in [1.807, 2.05) is 79.7 Å². The molecule has 0 aliphatic heterocycles. The van der Waals surface area contributed by atoms with Crippen LogP contribution in [0.2, 0.25) is 0 Å². The quantitative estimate of drug-likeness (QED) is 0.0183. The van der Waals surface area contributed by atoms with E-state index in [1.165, 1.54) is 12.5 Å². The number of hydrogen-bond donors (Lipinski definition) is 19. The van der Waals surface area contributed by atoms with Crippen molar-refractivity contribution in [3.05, 3.63) is 54.2 Å². The van der Waals surface area contributed by atoms with Crippen LogP contribution in [0.15, 0.2) is 53.0 Å². The number of imidazole rings is 1. The third-order valence-corrected chi connectivity index (χ3v) is 15.7. The summed E-state index contributed by atoms with van der Waals surface area (Å²) in [6.45, 7) is 15.5. The number of guanidine groups is 2. The van der Waals surface area contributed by atoms with E-state index >= 15 is 0 Å². The molecule has 542 valence electrons. The van der Waals surface area contributed by atoms with Gasteiger partial charge < -0.3 is 103 Å². The van der Waals surface area contributed by atoms with E-state index < -0.39 is 120 Å². The molecule has 9 amide bonds. The number of carboxylic acid groups (broad SMARTS) is 1. The number of nitrogens with zero attached hydrogens (tertiary/aromatic N) is 3. The molecule has 0 radical (unpaired) electrons. The zero-order valence-corrected chi connectivity index (χ0v) is 57.7. The predicted octanol–water partition coefficient (Wildman–Crippen LogP) is -0.999. The first-order valence-electron chi connectivity index (χ1n) is 33.7. The molecule has 10 atom stereocenters. The Bertz CT molecular complexity index is 3040. The van der Waals surface area contributed by atoms with Crippen LogP contribution in [0.3, 0.4) is 0 Å². The standard InChI is InChI=1S/C65H111N21O11/c1-36(2)27-48(58(91)79-45(20-11-13-23-66)55(88)78-46(21-12-14-24-67)57(90)86-53(63(96)97)32-41-34-73-35-77-41)83-60(93)50(29-38(5)6)85-61(94)51(30-39(7)8)84-59(92)49(28-37(3)4)82-56(89)47(22-16-26-75-65(71)72)80-62(95)52(31-40-33-76-44-19-10-9-17-42(40)44)81-54(87)43(68)18-15-25-74-64(69)70/h9-10,17,19,33-39,43,45-53,76H,11-16,18,20-32,66-68H2,1-8H3,(H,73,77)(H,78,88)(H,79,91)(H,80,95)(H,81,87)(H,82,89)(H,83,93)(H,84,92)(H,85,94)(H,86,90)(H,96,97)(H4,69,70,74)(H4,71,72,75)/t43-,45-,46-,47-,48-,49-,50-,51-,52-,53-/m0/s1. The van der Waals surface area contributed by atoms with Crippen LogP contribution >= 0.6 is 0 Å². The highest BCUT2D eigenvalue weighted by Gasteiger charge is 2.37. The van der Waals surface area contributed by atoms with Gasteiger partial charge in [-0.25, -0.2) is 9.78 Å². The number of carboxylic acids is 1. The van der Waals surface area contributed by atoms with Crippen molar-refractivity contribution in [2.45, 2.75) is 219 Å². The summed E-state index contributed by atoms with van der Waals surface area (Å²) in [5.74, 6) is -9.04. The van der Waals surface area contributed by atoms with Crippen molar-refractivity contribution < 1.29 is 53.1 Å². The Morgan fingerprint density at radius 2 is 0.814 bits per heavy atom. The van der Waals surface area contributed by atoms with Crippen molar-refractivity contribution in [2.24, 2.45) is 73.8 Å². The molecular formula is C65H111N21O11. The Morgan fingerprint density at radius 1 is 0.454 bits per heavy atom. The highest BCUT2D eigenvalue weighted by molar-refractivity contribution is 5.99. The number of para-hydroxylation sites is 1. The number of aliphatic imine (C=N–C) groups is 2. The first-order valence-corrected chi connectivity index (χ1v) is 33.7. The summed E-state index contributed by atoms with van der Waals surface area (Å²) >= 11 is 0. The van der Waals surface area contributed by atoms with Crippen LogP contribution in [-0.2, 0) is 60.8 Å². The number of nitrogens with one attached hydrogen (secondary N) is 11. The number of aromatic nitrogens is 3. The number of carbonyl (C=O) groups is 10. The molecule has 0 saturated heterocycles. The van der Waals surface area contributed by atoms with Crippen molar-refractivity contribution >= 4 is 82.0 Å². The van der Waals surface area contributed by atoms with Crippen molar-refractivity contribution in [1.82, 2.24) is 62.8 Å². The SMILES string of the molecule is CC(C)C[C@H](NC(=O)[C@H](CC(C)C)NC(=O)[C@H](CC(C)C)NC(=O)[C@H](CC(C)C)NC(=O)[C@H](CCCN=C(N)N)NC(=O)[C@H](Cc1c[nH]c2ccccc12)NC(=O)[C@@H](N)CCCN=C(N)N)C(=O)N[C@@H](CCCCN)C(=O)N[C@@H](CCCCN)C(=O)N[C@@H](Cc1cnc[nH]1)C(=O)O. The molecule has 0 unspecified atom stereocenters. The molecule has 26 N–H and O–H groups in total. The number of hydrogen-bond acceptors (Lipinski definition) is 16. The smallest absolute Gasteiger partial charge is 0.326 e. The van der Waals surface area contributed by atoms with E-state index in [1.54, 1.807) is 6.20 Å². The summed E-state index contributed by atoms with van der Waals surface area (Å²) in [7, 11) is 0. The predicted molar refractivity (Wildman–Crippen MR) is 371 cm³/mol. The van der Waals surface area contributed by atoms with Gasteiger partial charge in [0.2, 0.25) is 53.2 Å². The number of H-pyrrole nitrogens is 2. The van der Waals surface area contributed by atoms with Gasteiger partial charge >= 0.3 is 5.97 Å². The van der Waals surface area contributed by atoms with Gasteiger partial charge in [0.25, 0.3) is 0 Å². The van der Waals surface area contributed by atoms with Crippen LogP contribution in [0.25, 0.3) is 10.9 Å². The van der Waals surface area contributed by atoms with Crippen molar-refractivity contribution in [3.8, 4) is 0 Å². The molecule has 0 aliphatic rings. The fraction of sp³-hybridized carbons (Fsp3) is 0.646. The molecule has 32 heteroatoms. The van der Waals surface area contributed by atoms with Crippen molar-refractivity contribution in [3.63, 3.8) is 0 Å². The molecule has 2 heterocycles. The van der Waals surface area contributed by atoms with E-state index in [-0.39, 0.29) is 126 Å². The summed E-state index contributed by atoms with van der Waals surface area (Å²) < 4.78 is 0. The van der Waals surface area contributed by atoms with Crippen LogP contribution in [0.1, 0.15) is 157 Å². The topological polar surface area (TPSA) is 551 Å². The number of rotatable bonds is 47. The van der Waals surface area contributed by atoms with E-state index in [0.717, 1.165) is 10.9 Å². The minimum absolute atomic E-state index is 0.0242. The Morgan fingerprint density at radius 3 is 1.20 bits per heavy atom. The fourth-order valence-corrected chi connectivity index (χ4v) is 10.8. The molecule has 0 fully saturated rings. The van der Waals surface area contributed by atoms with Gasteiger partial charge in [-0.1, -0.05) is 73.6 Å². The number of aromatic amines is 2. The first kappa shape index (κ1) is 82.3. The highest BCUT2D eigenvalue weighted by Crippen LogP contribution is 2.21. The maximum absolute atomic E-state index is 14.7. The van der Waals surface area contributed by atoms with Crippen LogP contribution in [0, 0.1) is 23.7 Å². The third-order valence-electron chi connectivity index (χ3n) is 15.7. The van der Waals surface area contributed by atoms with Crippen LogP contribution in [0.4, 0.5) is 0 Å². The number of aliphatic carboxylic acids is 1. The Labute approximate surface area is 568 Å². The normalized spacial score (nSPS) is 14.5. The summed E-state index contributed by atoms with van der Waals surface area (Å²) in [5, 5.41) is 35.7. The second-order valence-electron chi connectivity index (χ2n) is 26.3. The molecule has 1 aromatic carbocycles. The molecule has 2 aromatic heterocycles. The van der Waals surface area contributed by atoms with Gasteiger partial charge in [0, 0.05) is 54.9 Å². The van der Waals surface area contributed by atoms with E-state index in [4.69, 9.17) is 40.1 Å². The van der Waals surface area contributed by atoms with Crippen LogP contribution in [-0.4, -0.2) is 178 Å². The molecule has 0 saturated carbocycles. The van der Waals surface area contributed by atoms with Gasteiger partial charge in [0.15, 0.2) is 11.9 Å². The summed E-state index contributed by atoms with van der Waals surface area (Å²) in [4.78, 5) is 160. The van der Waals surface area contributed by atoms with Gasteiger partial charge in [-0.2, -0.15) is 0 Å². The maximum Gasteiger partial charge on any atom is 0.326 e. The van der Waals surface area contributed by atoms with Gasteiger partial charge in [-0.05, 0) is 138 Å². The van der Waals surface area contributed by atoms with E-state index in [9.17, 15) is 53.1 Å². The van der Waals surface area contributed by atoms with Crippen LogP contribution < -0.4 is 88.0 Å². The van der Waals surface area contributed by atoms with E-state index in [0.29, 0.717) is 49.9 Å². The number of nitrogens with two attached hydrogens (primary N) is 7. The highest BCUT2D eigenvalue weighted by atomic mass is 16.4. The second kappa shape index (κ2) is 43.3. The fourth-order valence-electron chi connectivity index (χ4n) is 10.8. The molecular weight excluding hydrogens is 1250 g/mol. The Balaban J connectivity index is 1.93. The summed E-state index contributed by atoms with van der Waals surface area (Å²) in [6, 6.07) is -5.18. The van der Waals surface area contributed by atoms with Crippen LogP contribution in [0.5, 0.6) is 0 Å². The number of carbonyl (C=O) groups excluding carboxylic acids is 9. The van der Waals surface area contributed by atoms with Crippen molar-refractivity contribution in [1.29, 1.82) is 0 Å². The number of unbranched alkanes of at least 4 members (excludes halogenated alkanes) is 2. The minimum Gasteiger partial charge on any atom is -0.480 e. The maximum atomic E-state index is 14.7. The average Bonchev–Trinajstić information content (AvgIpc) is 1.56. The molecule has 0 bridgehead atoms. The molecule has 0 aliphatic carbocycles. The van der Waals surface area contributed by atoms with Gasteiger partial charge in [-0.3, -0.25) is 53.1 Å². The lowest BCUT2D eigenvalue weighted by molar-refractivity contribution is -0.142. The third kappa shape index (κ3) is 31.2. The number of benzene rings is 1. The van der Waals surface area contributed by atoms with E-state index in [2.05, 4.69) is 72.8 Å². The lowest BCUT2D eigenvalue weighted by Crippen LogP contribution is -2.61. The molecule has 3 aromatic rings. The average molecular weight is 1360 g/mol. The lowest BCUT2D eigenvalue weighted by Gasteiger charge is -2.30. The Hall–Kier alpha value is -8.91.